The average molecular weight is 440 g/mol. The summed E-state index contributed by atoms with van der Waals surface area (Å²) in [6, 6.07) is 13.8. The van der Waals surface area contributed by atoms with E-state index >= 15 is 0 Å². The van der Waals surface area contributed by atoms with E-state index in [9.17, 15) is 13.2 Å². The van der Waals surface area contributed by atoms with Gasteiger partial charge in [0.05, 0.1) is 27.3 Å². The molecule has 0 aliphatic carbocycles. The van der Waals surface area contributed by atoms with E-state index < -0.39 is 10.0 Å². The molecule has 8 heteroatoms. The van der Waals surface area contributed by atoms with Gasteiger partial charge in [0.25, 0.3) is 10.0 Å². The molecule has 2 aromatic carbocycles. The van der Waals surface area contributed by atoms with Crippen LogP contribution in [0.15, 0.2) is 71.5 Å². The Hall–Kier alpha value is -2.97. The summed E-state index contributed by atoms with van der Waals surface area (Å²) in [5.74, 6) is -0.279. The summed E-state index contributed by atoms with van der Waals surface area (Å²) in [4.78, 5) is 16.4. The predicted octanol–water partition coefficient (Wildman–Crippen LogP) is 4.06. The molecule has 30 heavy (non-hydrogen) atoms. The van der Waals surface area contributed by atoms with Crippen LogP contribution >= 0.6 is 11.3 Å². The first kappa shape index (κ1) is 20.3. The van der Waals surface area contributed by atoms with Crippen LogP contribution < -0.4 is 9.62 Å². The lowest BCUT2D eigenvalue weighted by Gasteiger charge is -2.35. The van der Waals surface area contributed by atoms with Crippen molar-refractivity contribution in [3.05, 3.63) is 77.1 Å². The zero-order valence-electron chi connectivity index (χ0n) is 16.4. The first-order chi connectivity index (χ1) is 14.4. The third-order valence-corrected chi connectivity index (χ3v) is 7.66. The molecule has 3 aromatic rings. The number of amides is 1. The molecule has 1 amide bonds. The highest BCUT2D eigenvalue weighted by molar-refractivity contribution is 7.92. The standard InChI is InChI=1S/C22H21N3O3S2/c1-3-22(26)24-19-12-13-25(21-7-5-4-6-18(19)21)30(27,28)17-10-8-16(9-11-17)20-14-29-15(2)23-20/h3-11,14,19H,1,12-13H2,2H3,(H,24,26). The quantitative estimate of drug-likeness (QED) is 0.608. The van der Waals surface area contributed by atoms with E-state index in [2.05, 4.69) is 16.9 Å². The van der Waals surface area contributed by atoms with Crippen molar-refractivity contribution in [3.63, 3.8) is 0 Å². The van der Waals surface area contributed by atoms with Crippen molar-refractivity contribution in [1.82, 2.24) is 10.3 Å². The van der Waals surface area contributed by atoms with Crippen LogP contribution in [-0.4, -0.2) is 25.9 Å². The number of nitrogens with zero attached hydrogens (tertiary/aromatic N) is 2. The number of hydrogen-bond donors (Lipinski definition) is 1. The highest BCUT2D eigenvalue weighted by Gasteiger charge is 2.33. The number of aromatic nitrogens is 1. The smallest absolute Gasteiger partial charge is 0.264 e. The molecule has 154 valence electrons. The van der Waals surface area contributed by atoms with Gasteiger partial charge in [-0.25, -0.2) is 13.4 Å². The topological polar surface area (TPSA) is 79.4 Å². The van der Waals surface area contributed by atoms with Crippen LogP contribution in [0, 0.1) is 6.92 Å². The first-order valence-electron chi connectivity index (χ1n) is 9.47. The number of hydrogen-bond acceptors (Lipinski definition) is 5. The lowest BCUT2D eigenvalue weighted by Crippen LogP contribution is -2.40. The van der Waals surface area contributed by atoms with Crippen LogP contribution in [0.3, 0.4) is 0 Å². The maximum atomic E-state index is 13.4. The van der Waals surface area contributed by atoms with Crippen LogP contribution in [0.25, 0.3) is 11.3 Å². The average Bonchev–Trinajstić information content (AvgIpc) is 3.20. The van der Waals surface area contributed by atoms with E-state index in [-0.39, 0.29) is 23.4 Å². The molecular formula is C22H21N3O3S2. The lowest BCUT2D eigenvalue weighted by atomic mass is 9.98. The highest BCUT2D eigenvalue weighted by atomic mass is 32.2. The van der Waals surface area contributed by atoms with Gasteiger partial charge in [-0.05, 0) is 43.2 Å². The van der Waals surface area contributed by atoms with Gasteiger partial charge in [-0.2, -0.15) is 0 Å². The summed E-state index contributed by atoms with van der Waals surface area (Å²) in [5, 5.41) is 5.80. The van der Waals surface area contributed by atoms with Crippen LogP contribution in [-0.2, 0) is 14.8 Å². The number of carbonyl (C=O) groups is 1. The van der Waals surface area contributed by atoms with Gasteiger partial charge in [0.2, 0.25) is 5.91 Å². The zero-order chi connectivity index (χ0) is 21.3. The maximum Gasteiger partial charge on any atom is 0.264 e. The van der Waals surface area contributed by atoms with Gasteiger partial charge in [-0.3, -0.25) is 9.10 Å². The Morgan fingerprint density at radius 1 is 1.23 bits per heavy atom. The van der Waals surface area contributed by atoms with Crippen molar-refractivity contribution in [3.8, 4) is 11.3 Å². The number of rotatable bonds is 5. The summed E-state index contributed by atoms with van der Waals surface area (Å²) >= 11 is 1.56. The Labute approximate surface area is 179 Å². The van der Waals surface area contributed by atoms with Gasteiger partial charge in [-0.15, -0.1) is 11.3 Å². The van der Waals surface area contributed by atoms with Gasteiger partial charge in [0, 0.05) is 17.5 Å². The molecule has 1 aliphatic rings. The van der Waals surface area contributed by atoms with E-state index in [1.165, 1.54) is 10.4 Å². The molecule has 1 N–H and O–H groups in total. The molecule has 0 radical (unpaired) electrons. The minimum absolute atomic E-state index is 0.224. The summed E-state index contributed by atoms with van der Waals surface area (Å²) in [7, 11) is -3.74. The number of benzene rings is 2. The van der Waals surface area contributed by atoms with Gasteiger partial charge in [0.15, 0.2) is 0 Å². The minimum Gasteiger partial charge on any atom is -0.346 e. The van der Waals surface area contributed by atoms with Crippen molar-refractivity contribution in [1.29, 1.82) is 0 Å². The van der Waals surface area contributed by atoms with Crippen LogP contribution in [0.2, 0.25) is 0 Å². The summed E-state index contributed by atoms with van der Waals surface area (Å²) in [6.07, 6.45) is 1.70. The molecule has 0 saturated carbocycles. The number of sulfonamides is 1. The SMILES string of the molecule is C=CC(=O)NC1CCN(S(=O)(=O)c2ccc(-c3csc(C)n3)cc2)c2ccccc21. The Bertz CT molecular complexity index is 1200. The number of carbonyl (C=O) groups excluding carboxylic acids is 1. The Morgan fingerprint density at radius 2 is 1.97 bits per heavy atom. The maximum absolute atomic E-state index is 13.4. The third-order valence-electron chi connectivity index (χ3n) is 5.06. The molecule has 1 aliphatic heterocycles. The summed E-state index contributed by atoms with van der Waals surface area (Å²) < 4.78 is 28.2. The fraction of sp³-hybridized carbons (Fsp3) is 0.182. The third kappa shape index (κ3) is 3.76. The number of para-hydroxylation sites is 1. The Kier molecular flexibility index (Phi) is 5.44. The van der Waals surface area contributed by atoms with Crippen LogP contribution in [0.5, 0.6) is 0 Å². The summed E-state index contributed by atoms with van der Waals surface area (Å²) in [6.45, 7) is 5.69. The van der Waals surface area contributed by atoms with E-state index in [1.807, 2.05) is 24.4 Å². The fourth-order valence-corrected chi connectivity index (χ4v) is 5.71. The van der Waals surface area contributed by atoms with Crippen LogP contribution in [0.4, 0.5) is 5.69 Å². The second kappa shape index (κ2) is 8.04. The van der Waals surface area contributed by atoms with E-state index in [0.29, 0.717) is 12.1 Å². The van der Waals surface area contributed by atoms with Crippen LogP contribution in [0.1, 0.15) is 23.0 Å². The fourth-order valence-electron chi connectivity index (χ4n) is 3.58. The molecule has 4 rings (SSSR count). The molecule has 0 saturated heterocycles. The molecule has 6 nitrogen and oxygen atoms in total. The number of thiazole rings is 1. The van der Waals surface area contributed by atoms with Gasteiger partial charge in [0.1, 0.15) is 0 Å². The zero-order valence-corrected chi connectivity index (χ0v) is 18.0. The molecule has 0 spiro atoms. The number of fused-ring (bicyclic) bond motifs is 1. The van der Waals surface area contributed by atoms with E-state index in [4.69, 9.17) is 0 Å². The predicted molar refractivity (Wildman–Crippen MR) is 119 cm³/mol. The monoisotopic (exact) mass is 439 g/mol. The van der Waals surface area contributed by atoms with Crippen molar-refractivity contribution in [2.45, 2.75) is 24.3 Å². The molecule has 1 aromatic heterocycles. The molecule has 1 unspecified atom stereocenters. The summed E-state index contributed by atoms with van der Waals surface area (Å²) in [5.41, 5.74) is 3.07. The number of anilines is 1. The second-order valence-corrected chi connectivity index (χ2v) is 9.89. The lowest BCUT2D eigenvalue weighted by molar-refractivity contribution is -0.117. The number of aryl methyl sites for hydroxylation is 1. The van der Waals surface area contributed by atoms with Gasteiger partial charge >= 0.3 is 0 Å². The largest absolute Gasteiger partial charge is 0.346 e. The van der Waals surface area contributed by atoms with E-state index in [0.717, 1.165) is 21.8 Å². The molecule has 0 bridgehead atoms. The van der Waals surface area contributed by atoms with E-state index in [1.54, 1.807) is 47.7 Å². The minimum atomic E-state index is -3.74. The van der Waals surface area contributed by atoms with Gasteiger partial charge in [-0.1, -0.05) is 36.9 Å². The molecular weight excluding hydrogens is 418 g/mol. The Balaban J connectivity index is 1.66. The van der Waals surface area contributed by atoms with Crippen molar-refractivity contribution in [2.24, 2.45) is 0 Å². The normalized spacial score (nSPS) is 16.0. The second-order valence-electron chi connectivity index (χ2n) is 6.97. The molecule has 1 atom stereocenters. The number of nitrogens with one attached hydrogen (secondary N) is 1. The van der Waals surface area contributed by atoms with Gasteiger partial charge < -0.3 is 5.32 Å². The Morgan fingerprint density at radius 3 is 2.63 bits per heavy atom. The highest BCUT2D eigenvalue weighted by Crippen LogP contribution is 2.37. The molecule has 0 fully saturated rings. The molecule has 2 heterocycles. The van der Waals surface area contributed by atoms with Crippen molar-refractivity contribution in [2.75, 3.05) is 10.8 Å². The van der Waals surface area contributed by atoms with Crippen molar-refractivity contribution < 1.29 is 13.2 Å². The van der Waals surface area contributed by atoms with Crippen molar-refractivity contribution >= 4 is 33.0 Å². The first-order valence-corrected chi connectivity index (χ1v) is 11.8.